The molecule has 0 saturated carbocycles. The third-order valence-electron chi connectivity index (χ3n) is 4.73. The van der Waals surface area contributed by atoms with Crippen LogP contribution in [-0.2, 0) is 0 Å². The molecule has 4 rings (SSSR count). The first-order chi connectivity index (χ1) is 13.7. The molecule has 2 aromatic heterocycles. The molecule has 142 valence electrons. The highest BCUT2D eigenvalue weighted by molar-refractivity contribution is 5.78. The molecule has 0 fully saturated rings. The number of nitrogens with one attached hydrogen (secondary N) is 4. The molecule has 0 amide bonds. The number of aryl methyl sites for hydroxylation is 2. The number of rotatable bonds is 7. The van der Waals surface area contributed by atoms with Crippen LogP contribution in [0.15, 0.2) is 60.7 Å². The van der Waals surface area contributed by atoms with E-state index in [-0.39, 0.29) is 0 Å². The van der Waals surface area contributed by atoms with Gasteiger partial charge in [-0.05, 0) is 25.0 Å². The molecule has 4 N–H and O–H groups in total. The van der Waals surface area contributed by atoms with Crippen molar-refractivity contribution in [2.45, 2.75) is 13.8 Å². The first-order valence-electron chi connectivity index (χ1n) is 9.42. The molecular formula is C22H24N6. The third-order valence-corrected chi connectivity index (χ3v) is 4.73. The second-order valence-corrected chi connectivity index (χ2v) is 6.73. The molecule has 0 bridgehead atoms. The van der Waals surface area contributed by atoms with Gasteiger partial charge in [-0.25, -0.2) is 0 Å². The maximum atomic E-state index is 4.42. The largest absolute Gasteiger partial charge is 0.366 e. The minimum Gasteiger partial charge on any atom is -0.366 e. The number of hydrogen-bond acceptors (Lipinski definition) is 4. The van der Waals surface area contributed by atoms with E-state index in [0.717, 1.165) is 58.4 Å². The third kappa shape index (κ3) is 3.62. The van der Waals surface area contributed by atoms with E-state index < -0.39 is 0 Å². The van der Waals surface area contributed by atoms with Gasteiger partial charge in [-0.3, -0.25) is 10.2 Å². The molecule has 4 aromatic rings. The number of nitrogens with zero attached hydrogens (tertiary/aromatic N) is 2. The van der Waals surface area contributed by atoms with Gasteiger partial charge in [0.15, 0.2) is 11.6 Å². The van der Waals surface area contributed by atoms with Gasteiger partial charge in [0.25, 0.3) is 0 Å². The Kier molecular flexibility index (Phi) is 5.10. The molecular weight excluding hydrogens is 348 g/mol. The van der Waals surface area contributed by atoms with Crippen LogP contribution in [0.5, 0.6) is 0 Å². The molecule has 6 heteroatoms. The standard InChI is InChI=1S/C22H24N6/c1-15-19(17-9-5-3-6-10-17)21(27-25-15)23-13-14-24-22-20(16(2)26-28-22)18-11-7-4-8-12-18/h3-12H,13-14H2,1-2H3,(H2,23,25,27)(H2,24,26,28). The van der Waals surface area contributed by atoms with Crippen LogP contribution in [0.1, 0.15) is 11.4 Å². The van der Waals surface area contributed by atoms with Gasteiger partial charge in [-0.2, -0.15) is 10.2 Å². The number of anilines is 2. The Morgan fingerprint density at radius 2 is 1.04 bits per heavy atom. The predicted octanol–water partition coefficient (Wildman–Crippen LogP) is 4.61. The molecule has 0 aliphatic carbocycles. The zero-order valence-corrected chi connectivity index (χ0v) is 16.1. The Morgan fingerprint density at radius 3 is 1.43 bits per heavy atom. The van der Waals surface area contributed by atoms with Gasteiger partial charge in [0.1, 0.15) is 0 Å². The summed E-state index contributed by atoms with van der Waals surface area (Å²) in [6, 6.07) is 20.6. The fourth-order valence-corrected chi connectivity index (χ4v) is 3.39. The summed E-state index contributed by atoms with van der Waals surface area (Å²) in [7, 11) is 0. The van der Waals surface area contributed by atoms with Gasteiger partial charge in [0.2, 0.25) is 0 Å². The first kappa shape index (κ1) is 17.9. The average Bonchev–Trinajstić information content (AvgIpc) is 3.29. The van der Waals surface area contributed by atoms with E-state index in [4.69, 9.17) is 0 Å². The van der Waals surface area contributed by atoms with Crippen molar-refractivity contribution in [1.29, 1.82) is 0 Å². The number of H-pyrrole nitrogens is 2. The van der Waals surface area contributed by atoms with Crippen LogP contribution >= 0.6 is 0 Å². The molecule has 0 spiro atoms. The predicted molar refractivity (Wildman–Crippen MR) is 115 cm³/mol. The second kappa shape index (κ2) is 8.00. The molecule has 0 aliphatic rings. The van der Waals surface area contributed by atoms with Crippen molar-refractivity contribution >= 4 is 11.6 Å². The minimum absolute atomic E-state index is 0.726. The van der Waals surface area contributed by atoms with E-state index in [9.17, 15) is 0 Å². The van der Waals surface area contributed by atoms with Crippen molar-refractivity contribution in [1.82, 2.24) is 20.4 Å². The summed E-state index contributed by atoms with van der Waals surface area (Å²) in [5, 5.41) is 21.8. The fourth-order valence-electron chi connectivity index (χ4n) is 3.39. The van der Waals surface area contributed by atoms with Crippen LogP contribution in [0, 0.1) is 13.8 Å². The summed E-state index contributed by atoms with van der Waals surface area (Å²) < 4.78 is 0. The van der Waals surface area contributed by atoms with E-state index in [0.29, 0.717) is 0 Å². The van der Waals surface area contributed by atoms with Crippen molar-refractivity contribution in [3.05, 3.63) is 72.1 Å². The SMILES string of the molecule is Cc1[nH]nc(NCCNc2n[nH]c(C)c2-c2ccccc2)c1-c1ccccc1. The van der Waals surface area contributed by atoms with Crippen LogP contribution in [0.25, 0.3) is 22.3 Å². The zero-order chi connectivity index (χ0) is 19.3. The average molecular weight is 372 g/mol. The first-order valence-corrected chi connectivity index (χ1v) is 9.42. The van der Waals surface area contributed by atoms with E-state index in [1.54, 1.807) is 0 Å². The summed E-state index contributed by atoms with van der Waals surface area (Å²) in [6.45, 7) is 5.53. The van der Waals surface area contributed by atoms with Crippen molar-refractivity contribution in [2.24, 2.45) is 0 Å². The van der Waals surface area contributed by atoms with Gasteiger partial charge >= 0.3 is 0 Å². The highest BCUT2D eigenvalue weighted by Gasteiger charge is 2.13. The lowest BCUT2D eigenvalue weighted by molar-refractivity contribution is 0.996. The van der Waals surface area contributed by atoms with Crippen LogP contribution in [0.4, 0.5) is 11.6 Å². The Labute approximate surface area is 164 Å². The van der Waals surface area contributed by atoms with Crippen LogP contribution in [-0.4, -0.2) is 33.5 Å². The summed E-state index contributed by atoms with van der Waals surface area (Å²) >= 11 is 0. The summed E-state index contributed by atoms with van der Waals surface area (Å²) in [5.74, 6) is 1.74. The van der Waals surface area contributed by atoms with E-state index >= 15 is 0 Å². The fraction of sp³-hybridized carbons (Fsp3) is 0.182. The molecule has 2 heterocycles. The summed E-state index contributed by atoms with van der Waals surface area (Å²) in [6.07, 6.45) is 0. The molecule has 2 aromatic carbocycles. The number of hydrogen-bond donors (Lipinski definition) is 4. The topological polar surface area (TPSA) is 81.4 Å². The van der Waals surface area contributed by atoms with Crippen molar-refractivity contribution in [3.63, 3.8) is 0 Å². The normalized spacial score (nSPS) is 10.8. The quantitative estimate of drug-likeness (QED) is 0.357. The van der Waals surface area contributed by atoms with Crippen LogP contribution in [0.3, 0.4) is 0 Å². The lowest BCUT2D eigenvalue weighted by Gasteiger charge is -2.09. The van der Waals surface area contributed by atoms with Gasteiger partial charge in [-0.1, -0.05) is 60.7 Å². The van der Waals surface area contributed by atoms with Gasteiger partial charge in [0, 0.05) is 35.6 Å². The summed E-state index contributed by atoms with van der Waals surface area (Å²) in [5.41, 5.74) is 6.63. The smallest absolute Gasteiger partial charge is 0.156 e. The van der Waals surface area contributed by atoms with Crippen LogP contribution in [0.2, 0.25) is 0 Å². The van der Waals surface area contributed by atoms with Gasteiger partial charge in [-0.15, -0.1) is 0 Å². The number of aromatic nitrogens is 4. The van der Waals surface area contributed by atoms with Crippen molar-refractivity contribution in [3.8, 4) is 22.3 Å². The van der Waals surface area contributed by atoms with E-state index in [1.807, 2.05) is 50.2 Å². The molecule has 0 radical (unpaired) electrons. The Morgan fingerprint density at radius 1 is 0.643 bits per heavy atom. The lowest BCUT2D eigenvalue weighted by atomic mass is 10.1. The molecule has 28 heavy (non-hydrogen) atoms. The van der Waals surface area contributed by atoms with E-state index in [1.165, 1.54) is 0 Å². The molecule has 0 aliphatic heterocycles. The minimum atomic E-state index is 0.726. The van der Waals surface area contributed by atoms with E-state index in [2.05, 4.69) is 55.3 Å². The molecule has 0 unspecified atom stereocenters. The van der Waals surface area contributed by atoms with Gasteiger partial charge in [0.05, 0.1) is 0 Å². The van der Waals surface area contributed by atoms with Crippen molar-refractivity contribution in [2.75, 3.05) is 23.7 Å². The Balaban J connectivity index is 1.42. The number of aromatic amines is 2. The number of benzene rings is 2. The molecule has 0 saturated heterocycles. The van der Waals surface area contributed by atoms with Gasteiger partial charge < -0.3 is 10.6 Å². The summed E-state index contributed by atoms with van der Waals surface area (Å²) in [4.78, 5) is 0. The maximum absolute atomic E-state index is 4.42. The maximum Gasteiger partial charge on any atom is 0.156 e. The molecule has 6 nitrogen and oxygen atoms in total. The van der Waals surface area contributed by atoms with Crippen LogP contribution < -0.4 is 10.6 Å². The highest BCUT2D eigenvalue weighted by atomic mass is 15.2. The lowest BCUT2D eigenvalue weighted by Crippen LogP contribution is -2.15. The Hall–Kier alpha value is -3.54. The zero-order valence-electron chi connectivity index (χ0n) is 16.1. The highest BCUT2D eigenvalue weighted by Crippen LogP contribution is 2.30. The second-order valence-electron chi connectivity index (χ2n) is 6.73. The Bertz CT molecular complexity index is 948. The molecule has 0 atom stereocenters. The van der Waals surface area contributed by atoms with Crippen molar-refractivity contribution < 1.29 is 0 Å². The monoisotopic (exact) mass is 372 g/mol.